The maximum Gasteiger partial charge on any atom is 0.137 e. The van der Waals surface area contributed by atoms with Crippen LogP contribution < -0.4 is 10.6 Å². The van der Waals surface area contributed by atoms with E-state index >= 15 is 0 Å². The van der Waals surface area contributed by atoms with Gasteiger partial charge in [-0.3, -0.25) is 4.98 Å². The average molecular weight is 397 g/mol. The van der Waals surface area contributed by atoms with Crippen molar-refractivity contribution in [2.45, 2.75) is 12.6 Å². The molecule has 2 N–H and O–H groups in total. The van der Waals surface area contributed by atoms with Crippen molar-refractivity contribution in [1.82, 2.24) is 20.3 Å². The predicted molar refractivity (Wildman–Crippen MR) is 118 cm³/mol. The number of morpholine rings is 1. The van der Waals surface area contributed by atoms with Gasteiger partial charge < -0.3 is 15.4 Å². The highest BCUT2D eigenvalue weighted by atomic mass is 16.5. The zero-order chi connectivity index (χ0) is 20.2. The Kier molecular flexibility index (Phi) is 5.33. The van der Waals surface area contributed by atoms with Gasteiger partial charge >= 0.3 is 0 Å². The molecular formula is C24H23N5O. The van der Waals surface area contributed by atoms with Gasteiger partial charge in [0.2, 0.25) is 0 Å². The molecule has 3 heterocycles. The Balaban J connectivity index is 1.31. The summed E-state index contributed by atoms with van der Waals surface area (Å²) < 4.78 is 5.77. The Morgan fingerprint density at radius 1 is 0.967 bits per heavy atom. The molecule has 1 fully saturated rings. The van der Waals surface area contributed by atoms with E-state index in [0.29, 0.717) is 6.54 Å². The fourth-order valence-corrected chi connectivity index (χ4v) is 3.68. The van der Waals surface area contributed by atoms with Gasteiger partial charge in [-0.25, -0.2) is 9.97 Å². The zero-order valence-corrected chi connectivity index (χ0v) is 16.6. The van der Waals surface area contributed by atoms with Crippen molar-refractivity contribution in [3.05, 3.63) is 84.4 Å². The van der Waals surface area contributed by atoms with Gasteiger partial charge in [-0.2, -0.15) is 0 Å². The van der Waals surface area contributed by atoms with Gasteiger partial charge in [0.05, 0.1) is 17.8 Å². The number of hydrogen-bond acceptors (Lipinski definition) is 6. The second kappa shape index (κ2) is 8.57. The summed E-state index contributed by atoms with van der Waals surface area (Å²) in [5.74, 6) is 0.823. The highest BCUT2D eigenvalue weighted by Crippen LogP contribution is 2.26. The van der Waals surface area contributed by atoms with E-state index in [4.69, 9.17) is 4.74 Å². The molecular weight excluding hydrogens is 374 g/mol. The molecule has 1 saturated heterocycles. The fraction of sp³-hybridized carbons (Fsp3) is 0.208. The maximum atomic E-state index is 5.77. The molecule has 0 bridgehead atoms. The topological polar surface area (TPSA) is 72.0 Å². The molecule has 0 aliphatic carbocycles. The molecule has 1 unspecified atom stereocenters. The highest BCUT2D eigenvalue weighted by Gasteiger charge is 2.16. The van der Waals surface area contributed by atoms with Gasteiger partial charge in [-0.05, 0) is 34.9 Å². The number of nitrogens with zero attached hydrogens (tertiary/aromatic N) is 3. The van der Waals surface area contributed by atoms with Crippen molar-refractivity contribution in [3.63, 3.8) is 0 Å². The minimum Gasteiger partial charge on any atom is -0.369 e. The van der Waals surface area contributed by atoms with Crippen LogP contribution in [0.2, 0.25) is 0 Å². The number of pyridine rings is 1. The number of anilines is 1. The lowest BCUT2D eigenvalue weighted by Crippen LogP contribution is -2.33. The summed E-state index contributed by atoms with van der Waals surface area (Å²) in [4.78, 5) is 13.5. The molecule has 2 aromatic carbocycles. The Hall–Kier alpha value is -3.35. The smallest absolute Gasteiger partial charge is 0.137 e. The largest absolute Gasteiger partial charge is 0.369 e. The van der Waals surface area contributed by atoms with Crippen LogP contribution in [0.25, 0.3) is 22.0 Å². The molecule has 0 amide bonds. The average Bonchev–Trinajstić information content (AvgIpc) is 2.84. The summed E-state index contributed by atoms with van der Waals surface area (Å²) >= 11 is 0. The summed E-state index contributed by atoms with van der Waals surface area (Å²) in [7, 11) is 0. The van der Waals surface area contributed by atoms with Crippen LogP contribution in [-0.4, -0.2) is 34.6 Å². The maximum absolute atomic E-state index is 5.77. The van der Waals surface area contributed by atoms with Crippen LogP contribution in [0, 0.1) is 0 Å². The number of fused-ring (bicyclic) bond motifs is 1. The minimum atomic E-state index is 0.0328. The molecule has 6 nitrogen and oxygen atoms in total. The normalized spacial score (nSPS) is 16.5. The molecule has 0 radical (unpaired) electrons. The third-order valence-corrected chi connectivity index (χ3v) is 5.31. The second-order valence-electron chi connectivity index (χ2n) is 7.33. The van der Waals surface area contributed by atoms with Gasteiger partial charge in [-0.15, -0.1) is 0 Å². The number of hydrogen-bond donors (Lipinski definition) is 2. The lowest BCUT2D eigenvalue weighted by atomic mass is 10.0. The number of rotatable bonds is 5. The van der Waals surface area contributed by atoms with E-state index in [-0.39, 0.29) is 6.10 Å². The van der Waals surface area contributed by atoms with Crippen molar-refractivity contribution in [2.24, 2.45) is 0 Å². The first-order chi connectivity index (χ1) is 14.9. The lowest BCUT2D eigenvalue weighted by Gasteiger charge is -2.23. The first kappa shape index (κ1) is 18.7. The van der Waals surface area contributed by atoms with Crippen LogP contribution >= 0.6 is 0 Å². The van der Waals surface area contributed by atoms with Crippen molar-refractivity contribution >= 4 is 16.7 Å². The van der Waals surface area contributed by atoms with E-state index in [1.54, 1.807) is 6.33 Å². The SMILES string of the molecule is c1ccc(-c2ccc3c(NCc4ccc(C5CNCCO5)nc4)ncnc3c2)cc1. The fourth-order valence-electron chi connectivity index (χ4n) is 3.68. The summed E-state index contributed by atoms with van der Waals surface area (Å²) in [6.45, 7) is 3.08. The van der Waals surface area contributed by atoms with Gasteiger partial charge in [0.1, 0.15) is 18.2 Å². The quantitative estimate of drug-likeness (QED) is 0.531. The lowest BCUT2D eigenvalue weighted by molar-refractivity contribution is 0.0250. The van der Waals surface area contributed by atoms with E-state index in [0.717, 1.165) is 53.2 Å². The van der Waals surface area contributed by atoms with Crippen LogP contribution in [0.5, 0.6) is 0 Å². The number of nitrogens with one attached hydrogen (secondary N) is 2. The molecule has 6 heteroatoms. The number of benzene rings is 2. The summed E-state index contributed by atoms with van der Waals surface area (Å²) in [6.07, 6.45) is 3.54. The van der Waals surface area contributed by atoms with Crippen molar-refractivity contribution in [3.8, 4) is 11.1 Å². The third-order valence-electron chi connectivity index (χ3n) is 5.31. The Morgan fingerprint density at radius 2 is 1.90 bits per heavy atom. The van der Waals surface area contributed by atoms with E-state index < -0.39 is 0 Å². The van der Waals surface area contributed by atoms with Crippen molar-refractivity contribution < 1.29 is 4.74 Å². The predicted octanol–water partition coefficient (Wildman–Crippen LogP) is 3.96. The molecule has 1 aliphatic heterocycles. The number of ether oxygens (including phenoxy) is 1. The van der Waals surface area contributed by atoms with Crippen LogP contribution in [0.4, 0.5) is 5.82 Å². The van der Waals surface area contributed by atoms with Crippen LogP contribution in [0.3, 0.4) is 0 Å². The molecule has 4 aromatic rings. The van der Waals surface area contributed by atoms with E-state index in [1.807, 2.05) is 30.5 Å². The van der Waals surface area contributed by atoms with E-state index in [2.05, 4.69) is 62.0 Å². The molecule has 0 saturated carbocycles. The van der Waals surface area contributed by atoms with Gasteiger partial charge in [0.25, 0.3) is 0 Å². The minimum absolute atomic E-state index is 0.0328. The monoisotopic (exact) mass is 397 g/mol. The Morgan fingerprint density at radius 3 is 2.70 bits per heavy atom. The van der Waals surface area contributed by atoms with Crippen LogP contribution in [0.1, 0.15) is 17.4 Å². The van der Waals surface area contributed by atoms with E-state index in [1.165, 1.54) is 5.56 Å². The van der Waals surface area contributed by atoms with Gasteiger partial charge in [-0.1, -0.05) is 42.5 Å². The Bertz CT molecular complexity index is 1130. The molecule has 1 aliphatic rings. The second-order valence-corrected chi connectivity index (χ2v) is 7.33. The first-order valence-corrected chi connectivity index (χ1v) is 10.2. The zero-order valence-electron chi connectivity index (χ0n) is 16.6. The summed E-state index contributed by atoms with van der Waals surface area (Å²) in [5.41, 5.74) is 5.30. The van der Waals surface area contributed by atoms with Gasteiger partial charge in [0, 0.05) is 31.2 Å². The molecule has 1 atom stereocenters. The molecule has 2 aromatic heterocycles. The molecule has 30 heavy (non-hydrogen) atoms. The first-order valence-electron chi connectivity index (χ1n) is 10.2. The third kappa shape index (κ3) is 4.01. The van der Waals surface area contributed by atoms with Crippen LogP contribution in [-0.2, 0) is 11.3 Å². The molecule has 0 spiro atoms. The van der Waals surface area contributed by atoms with Crippen molar-refractivity contribution in [2.75, 3.05) is 25.0 Å². The molecule has 150 valence electrons. The molecule has 5 rings (SSSR count). The van der Waals surface area contributed by atoms with Crippen LogP contribution in [0.15, 0.2) is 73.2 Å². The van der Waals surface area contributed by atoms with Gasteiger partial charge in [0.15, 0.2) is 0 Å². The summed E-state index contributed by atoms with van der Waals surface area (Å²) in [6, 6.07) is 20.7. The standard InChI is InChI=1S/C24H23N5O/c1-2-4-18(5-3-1)19-7-8-20-22(12-19)28-16-29-24(20)27-14-17-6-9-21(26-13-17)23-15-25-10-11-30-23/h1-9,12-13,16,23,25H,10-11,14-15H2,(H,27,28,29). The number of aromatic nitrogens is 3. The Labute approximate surface area is 175 Å². The van der Waals surface area contributed by atoms with E-state index in [9.17, 15) is 0 Å². The highest BCUT2D eigenvalue weighted by molar-refractivity contribution is 5.91. The summed E-state index contributed by atoms with van der Waals surface area (Å²) in [5, 5.41) is 7.77. The van der Waals surface area contributed by atoms with Crippen molar-refractivity contribution in [1.29, 1.82) is 0 Å².